The van der Waals surface area contributed by atoms with Crippen molar-refractivity contribution in [3.8, 4) is 0 Å². The number of aryl methyl sites for hydroxylation is 1. The van der Waals surface area contributed by atoms with Crippen molar-refractivity contribution in [3.63, 3.8) is 0 Å². The summed E-state index contributed by atoms with van der Waals surface area (Å²) in [6.07, 6.45) is 1.49. The van der Waals surface area contributed by atoms with Crippen LogP contribution in [0.3, 0.4) is 0 Å². The lowest BCUT2D eigenvalue weighted by molar-refractivity contribution is 0.0554. The molecule has 0 aliphatic rings. The van der Waals surface area contributed by atoms with Gasteiger partial charge in [-0.15, -0.1) is 11.3 Å². The number of nitrogens with one attached hydrogen (secondary N) is 1. The summed E-state index contributed by atoms with van der Waals surface area (Å²) < 4.78 is 5.12. The Balaban J connectivity index is 1.80. The Morgan fingerprint density at radius 1 is 1.34 bits per heavy atom. The highest BCUT2D eigenvalue weighted by atomic mass is 32.1. The number of H-pyrrole nitrogens is 1. The van der Waals surface area contributed by atoms with Crippen LogP contribution in [0.15, 0.2) is 47.8 Å². The molecule has 8 heteroatoms. The predicted molar refractivity (Wildman–Crippen MR) is 127 cm³/mol. The van der Waals surface area contributed by atoms with E-state index in [2.05, 4.69) is 21.4 Å². The van der Waals surface area contributed by atoms with Crippen LogP contribution in [0, 0.1) is 6.92 Å². The fraction of sp³-hybridized carbons (Fsp3) is 0.375. The summed E-state index contributed by atoms with van der Waals surface area (Å²) in [6.45, 7) is 10.3. The Labute approximate surface area is 191 Å². The number of esters is 1. The van der Waals surface area contributed by atoms with Gasteiger partial charge in [-0.2, -0.15) is 0 Å². The van der Waals surface area contributed by atoms with Crippen LogP contribution in [0.1, 0.15) is 40.5 Å². The number of aromatic amines is 1. The molecule has 2 N–H and O–H groups in total. The van der Waals surface area contributed by atoms with E-state index in [-0.39, 0.29) is 18.2 Å². The van der Waals surface area contributed by atoms with Crippen molar-refractivity contribution in [2.75, 3.05) is 13.2 Å². The second-order valence-electron chi connectivity index (χ2n) is 8.00. The van der Waals surface area contributed by atoms with E-state index < -0.39 is 12.1 Å². The van der Waals surface area contributed by atoms with Gasteiger partial charge in [0.1, 0.15) is 22.1 Å². The first-order valence-corrected chi connectivity index (χ1v) is 11.4. The summed E-state index contributed by atoms with van der Waals surface area (Å²) in [5.74, 6) is 0.00885. The molecule has 0 amide bonds. The zero-order chi connectivity index (χ0) is 23.3. The summed E-state index contributed by atoms with van der Waals surface area (Å²) in [5, 5.41) is 11.0. The van der Waals surface area contributed by atoms with Crippen molar-refractivity contribution in [1.82, 2.24) is 14.9 Å². The molecule has 1 aromatic carbocycles. The molecule has 7 nitrogen and oxygen atoms in total. The number of hydrogen-bond donors (Lipinski definition) is 2. The number of benzene rings is 1. The molecule has 0 saturated carbocycles. The summed E-state index contributed by atoms with van der Waals surface area (Å²) in [7, 11) is 0. The molecular weight excluding hydrogens is 426 g/mol. The van der Waals surface area contributed by atoms with Crippen LogP contribution >= 0.6 is 11.3 Å². The third-order valence-corrected chi connectivity index (χ3v) is 6.38. The molecule has 170 valence electrons. The maximum atomic E-state index is 12.8. The fourth-order valence-electron chi connectivity index (χ4n) is 3.53. The number of hydrogen-bond acceptors (Lipinski definition) is 7. The molecule has 1 atom stereocenters. The number of aliphatic hydroxyl groups is 1. The van der Waals surface area contributed by atoms with Gasteiger partial charge in [0.25, 0.3) is 5.56 Å². The van der Waals surface area contributed by atoms with E-state index >= 15 is 0 Å². The number of carbonyl (C=O) groups is 1. The van der Waals surface area contributed by atoms with E-state index in [1.807, 2.05) is 44.2 Å². The highest BCUT2D eigenvalue weighted by Crippen LogP contribution is 2.27. The minimum atomic E-state index is -0.550. The van der Waals surface area contributed by atoms with Gasteiger partial charge in [-0.3, -0.25) is 9.69 Å². The van der Waals surface area contributed by atoms with E-state index in [9.17, 15) is 14.7 Å². The molecular formula is C24H29N3O4S. The summed E-state index contributed by atoms with van der Waals surface area (Å²) >= 11 is 1.15. The first-order chi connectivity index (χ1) is 15.3. The molecule has 0 aliphatic heterocycles. The first-order valence-electron chi connectivity index (χ1n) is 10.6. The van der Waals surface area contributed by atoms with Gasteiger partial charge in [0.05, 0.1) is 18.0 Å². The molecule has 0 bridgehead atoms. The number of rotatable bonds is 10. The molecule has 0 aliphatic carbocycles. The topological polar surface area (TPSA) is 95.5 Å². The Morgan fingerprint density at radius 2 is 2.06 bits per heavy atom. The van der Waals surface area contributed by atoms with Crippen molar-refractivity contribution in [3.05, 3.63) is 75.2 Å². The average molecular weight is 456 g/mol. The summed E-state index contributed by atoms with van der Waals surface area (Å²) in [4.78, 5) is 35.4. The van der Waals surface area contributed by atoms with Crippen LogP contribution in [-0.2, 0) is 17.7 Å². The first kappa shape index (κ1) is 23.8. The Morgan fingerprint density at radius 3 is 2.72 bits per heavy atom. The number of fused-ring (bicyclic) bond motifs is 1. The SMILES string of the molecule is C=CCOC(=O)c1sc2nc(CN(CC(O)Cc3ccccc3)C(C)C)[nH]c(=O)c2c1C. The van der Waals surface area contributed by atoms with Gasteiger partial charge in [-0.1, -0.05) is 43.0 Å². The van der Waals surface area contributed by atoms with Crippen LogP contribution in [0.4, 0.5) is 0 Å². The second-order valence-corrected chi connectivity index (χ2v) is 9.00. The van der Waals surface area contributed by atoms with Gasteiger partial charge < -0.3 is 14.8 Å². The lowest BCUT2D eigenvalue weighted by Crippen LogP contribution is -2.38. The van der Waals surface area contributed by atoms with Crippen LogP contribution in [0.25, 0.3) is 10.2 Å². The fourth-order valence-corrected chi connectivity index (χ4v) is 4.62. The van der Waals surface area contributed by atoms with Gasteiger partial charge >= 0.3 is 5.97 Å². The molecule has 0 radical (unpaired) electrons. The standard InChI is InChI=1S/C24H29N3O4S/c1-5-11-31-24(30)21-16(4)20-22(29)25-19(26-23(20)32-21)14-27(15(2)3)13-18(28)12-17-9-7-6-8-10-17/h5-10,15,18,28H,1,11-14H2,2-4H3,(H,25,26,29). The maximum absolute atomic E-state index is 12.8. The van der Waals surface area contributed by atoms with Crippen molar-refractivity contribution >= 4 is 27.5 Å². The molecule has 3 rings (SSSR count). The van der Waals surface area contributed by atoms with E-state index in [1.54, 1.807) is 6.92 Å². The van der Waals surface area contributed by atoms with Crippen molar-refractivity contribution in [2.45, 2.75) is 45.9 Å². The van der Waals surface area contributed by atoms with Gasteiger partial charge in [-0.05, 0) is 38.3 Å². The molecule has 0 spiro atoms. The maximum Gasteiger partial charge on any atom is 0.348 e. The van der Waals surface area contributed by atoms with Gasteiger partial charge in [0.2, 0.25) is 0 Å². The van der Waals surface area contributed by atoms with Crippen molar-refractivity contribution < 1.29 is 14.6 Å². The summed E-state index contributed by atoms with van der Waals surface area (Å²) in [6, 6.07) is 9.98. The van der Waals surface area contributed by atoms with Crippen LogP contribution in [0.5, 0.6) is 0 Å². The number of carbonyl (C=O) groups excluding carboxylic acids is 1. The van der Waals surface area contributed by atoms with Crippen molar-refractivity contribution in [2.24, 2.45) is 0 Å². The number of aromatic nitrogens is 2. The second kappa shape index (κ2) is 10.7. The van der Waals surface area contributed by atoms with Gasteiger partial charge in [0, 0.05) is 12.6 Å². The number of aliphatic hydroxyl groups excluding tert-OH is 1. The van der Waals surface area contributed by atoms with Gasteiger partial charge in [-0.25, -0.2) is 9.78 Å². The molecule has 2 aromatic heterocycles. The zero-order valence-electron chi connectivity index (χ0n) is 18.6. The highest BCUT2D eigenvalue weighted by molar-refractivity contribution is 7.20. The normalized spacial score (nSPS) is 12.4. The number of thiophene rings is 1. The zero-order valence-corrected chi connectivity index (χ0v) is 19.4. The highest BCUT2D eigenvalue weighted by Gasteiger charge is 2.22. The predicted octanol–water partition coefficient (Wildman–Crippen LogP) is 3.45. The smallest absolute Gasteiger partial charge is 0.348 e. The Kier molecular flexibility index (Phi) is 7.95. The van der Waals surface area contributed by atoms with Crippen LogP contribution in [0.2, 0.25) is 0 Å². The monoisotopic (exact) mass is 455 g/mol. The lowest BCUT2D eigenvalue weighted by Gasteiger charge is -2.28. The molecule has 0 saturated heterocycles. The molecule has 0 fully saturated rings. The average Bonchev–Trinajstić information content (AvgIpc) is 3.09. The Hall–Kier alpha value is -2.81. The molecule has 3 aromatic rings. The lowest BCUT2D eigenvalue weighted by atomic mass is 10.1. The summed E-state index contributed by atoms with van der Waals surface area (Å²) in [5.41, 5.74) is 1.36. The third kappa shape index (κ3) is 5.70. The number of nitrogens with zero attached hydrogens (tertiary/aromatic N) is 2. The minimum absolute atomic E-state index is 0.107. The van der Waals surface area contributed by atoms with Crippen LogP contribution < -0.4 is 5.56 Å². The third-order valence-electron chi connectivity index (χ3n) is 5.21. The minimum Gasteiger partial charge on any atom is -0.457 e. The van der Waals surface area contributed by atoms with E-state index in [0.29, 0.717) is 46.0 Å². The molecule has 1 unspecified atom stereocenters. The quantitative estimate of drug-likeness (QED) is 0.359. The van der Waals surface area contributed by atoms with Gasteiger partial charge in [0.15, 0.2) is 0 Å². The largest absolute Gasteiger partial charge is 0.457 e. The van der Waals surface area contributed by atoms with Crippen molar-refractivity contribution in [1.29, 1.82) is 0 Å². The molecule has 2 heterocycles. The van der Waals surface area contributed by atoms with E-state index in [4.69, 9.17) is 4.74 Å². The molecule has 32 heavy (non-hydrogen) atoms. The van der Waals surface area contributed by atoms with E-state index in [0.717, 1.165) is 16.9 Å². The van der Waals surface area contributed by atoms with E-state index in [1.165, 1.54) is 6.08 Å². The van der Waals surface area contributed by atoms with Crippen LogP contribution in [-0.4, -0.2) is 51.2 Å². The Bertz CT molecular complexity index is 1140. The number of ether oxygens (including phenoxy) is 1.